The average Bonchev–Trinajstić information content (AvgIpc) is 2.89. The van der Waals surface area contributed by atoms with Gasteiger partial charge in [0, 0.05) is 26.1 Å². The number of pyridine rings is 1. The number of nitrogens with two attached hydrogens (primary N) is 1. The molecule has 3 heterocycles. The Hall–Kier alpha value is -1.66. The van der Waals surface area contributed by atoms with E-state index in [0.29, 0.717) is 19.5 Å². The minimum Gasteiger partial charge on any atom is -0.378 e. The summed E-state index contributed by atoms with van der Waals surface area (Å²) < 4.78 is 5.33. The number of hydrogen-bond donors (Lipinski definition) is 1. The van der Waals surface area contributed by atoms with Crippen molar-refractivity contribution >= 4 is 17.4 Å². The molecule has 108 valence electrons. The summed E-state index contributed by atoms with van der Waals surface area (Å²) in [7, 11) is 0. The van der Waals surface area contributed by atoms with Crippen LogP contribution in [0.4, 0.5) is 11.5 Å². The normalized spacial score (nSPS) is 23.4. The zero-order valence-corrected chi connectivity index (χ0v) is 11.5. The van der Waals surface area contributed by atoms with Gasteiger partial charge in [-0.05, 0) is 24.6 Å². The summed E-state index contributed by atoms with van der Waals surface area (Å²) in [5, 5.41) is 0. The Balaban J connectivity index is 1.71. The molecule has 2 N–H and O–H groups in total. The fourth-order valence-electron chi connectivity index (χ4n) is 2.71. The molecule has 3 rings (SSSR count). The molecule has 0 spiro atoms. The predicted octanol–water partition coefficient (Wildman–Crippen LogP) is 0.230. The molecule has 6 nitrogen and oxygen atoms in total. The molecule has 2 fully saturated rings. The van der Waals surface area contributed by atoms with Crippen molar-refractivity contribution in [3.8, 4) is 0 Å². The van der Waals surface area contributed by atoms with E-state index in [1.54, 1.807) is 11.1 Å². The van der Waals surface area contributed by atoms with Crippen molar-refractivity contribution in [3.05, 3.63) is 18.3 Å². The second-order valence-corrected chi connectivity index (χ2v) is 5.28. The molecule has 0 bridgehead atoms. The van der Waals surface area contributed by atoms with Gasteiger partial charge >= 0.3 is 0 Å². The van der Waals surface area contributed by atoms with Gasteiger partial charge in [-0.15, -0.1) is 0 Å². The Kier molecular flexibility index (Phi) is 3.84. The first-order chi connectivity index (χ1) is 9.78. The maximum atomic E-state index is 11.9. The third-order valence-corrected chi connectivity index (χ3v) is 3.92. The highest BCUT2D eigenvalue weighted by atomic mass is 16.5. The zero-order chi connectivity index (χ0) is 13.9. The smallest absolute Gasteiger partial charge is 0.227 e. The fraction of sp³-hybridized carbons (Fsp3) is 0.571. The van der Waals surface area contributed by atoms with Crippen LogP contribution in [-0.2, 0) is 9.53 Å². The quantitative estimate of drug-likeness (QED) is 0.855. The minimum atomic E-state index is 0.140. The topological polar surface area (TPSA) is 71.7 Å². The van der Waals surface area contributed by atoms with Gasteiger partial charge in [-0.2, -0.15) is 0 Å². The molecular weight excluding hydrogens is 256 g/mol. The number of carbonyl (C=O) groups excluding carboxylic acids is 1. The highest BCUT2D eigenvalue weighted by Gasteiger charge is 2.29. The molecule has 2 aliphatic rings. The summed E-state index contributed by atoms with van der Waals surface area (Å²) in [6.45, 7) is 4.47. The molecule has 1 aromatic heterocycles. The molecule has 0 radical (unpaired) electrons. The van der Waals surface area contributed by atoms with E-state index in [1.807, 2.05) is 12.1 Å². The van der Waals surface area contributed by atoms with Crippen LogP contribution in [0.2, 0.25) is 0 Å². The van der Waals surface area contributed by atoms with E-state index in [2.05, 4.69) is 9.88 Å². The van der Waals surface area contributed by atoms with Gasteiger partial charge < -0.3 is 20.3 Å². The van der Waals surface area contributed by atoms with Crippen molar-refractivity contribution in [3.63, 3.8) is 0 Å². The first kappa shape index (κ1) is 13.3. The molecule has 0 aliphatic carbocycles. The molecule has 2 saturated heterocycles. The highest BCUT2D eigenvalue weighted by Crippen LogP contribution is 2.25. The summed E-state index contributed by atoms with van der Waals surface area (Å²) in [6, 6.07) is 3.94. The lowest BCUT2D eigenvalue weighted by atomic mass is 10.1. The van der Waals surface area contributed by atoms with Gasteiger partial charge in [0.1, 0.15) is 5.82 Å². The van der Waals surface area contributed by atoms with E-state index < -0.39 is 0 Å². The zero-order valence-electron chi connectivity index (χ0n) is 11.5. The summed E-state index contributed by atoms with van der Waals surface area (Å²) >= 11 is 0. The van der Waals surface area contributed by atoms with Gasteiger partial charge in [0.05, 0.1) is 25.1 Å². The minimum absolute atomic E-state index is 0.140. The second kappa shape index (κ2) is 5.76. The van der Waals surface area contributed by atoms with Crippen molar-refractivity contribution in [1.82, 2.24) is 4.98 Å². The number of morpholine rings is 1. The number of anilines is 2. The van der Waals surface area contributed by atoms with Crippen LogP contribution in [0.25, 0.3) is 0 Å². The first-order valence-corrected chi connectivity index (χ1v) is 7.07. The number of hydrogen-bond acceptors (Lipinski definition) is 5. The number of carbonyl (C=O) groups is 1. The molecule has 1 atom stereocenters. The fourth-order valence-corrected chi connectivity index (χ4v) is 2.71. The first-order valence-electron chi connectivity index (χ1n) is 7.07. The van der Waals surface area contributed by atoms with E-state index in [0.717, 1.165) is 37.8 Å². The van der Waals surface area contributed by atoms with Crippen LogP contribution in [0.3, 0.4) is 0 Å². The van der Waals surface area contributed by atoms with E-state index in [9.17, 15) is 4.79 Å². The third-order valence-electron chi connectivity index (χ3n) is 3.92. The van der Waals surface area contributed by atoms with Crippen molar-refractivity contribution in [2.75, 3.05) is 49.2 Å². The largest absolute Gasteiger partial charge is 0.378 e. The summed E-state index contributed by atoms with van der Waals surface area (Å²) in [6.07, 6.45) is 2.32. The Morgan fingerprint density at radius 1 is 1.35 bits per heavy atom. The highest BCUT2D eigenvalue weighted by molar-refractivity contribution is 5.95. The lowest BCUT2D eigenvalue weighted by Gasteiger charge is -2.28. The maximum Gasteiger partial charge on any atom is 0.227 e. The van der Waals surface area contributed by atoms with E-state index in [1.165, 1.54) is 0 Å². The van der Waals surface area contributed by atoms with Gasteiger partial charge in [-0.3, -0.25) is 4.79 Å². The van der Waals surface area contributed by atoms with Crippen LogP contribution < -0.4 is 15.5 Å². The monoisotopic (exact) mass is 276 g/mol. The standard InChI is InChI=1S/C14H20N4O2/c15-8-11-7-14(19)18(10-11)12-1-2-13(16-9-12)17-3-5-20-6-4-17/h1-2,9,11H,3-8,10,15H2. The molecular formula is C14H20N4O2. The molecule has 1 amide bonds. The third kappa shape index (κ3) is 2.62. The average molecular weight is 276 g/mol. The summed E-state index contributed by atoms with van der Waals surface area (Å²) in [5.41, 5.74) is 6.51. The lowest BCUT2D eigenvalue weighted by molar-refractivity contribution is -0.117. The number of rotatable bonds is 3. The van der Waals surface area contributed by atoms with Crippen LogP contribution >= 0.6 is 0 Å². The summed E-state index contributed by atoms with van der Waals surface area (Å²) in [5.74, 6) is 1.35. The molecule has 2 aliphatic heterocycles. The van der Waals surface area contributed by atoms with Gasteiger partial charge in [-0.25, -0.2) is 4.98 Å². The Labute approximate surface area is 118 Å². The Morgan fingerprint density at radius 2 is 2.15 bits per heavy atom. The van der Waals surface area contributed by atoms with Crippen LogP contribution in [0.1, 0.15) is 6.42 Å². The van der Waals surface area contributed by atoms with E-state index in [-0.39, 0.29) is 11.8 Å². The van der Waals surface area contributed by atoms with Crippen LogP contribution in [0.5, 0.6) is 0 Å². The van der Waals surface area contributed by atoms with Gasteiger partial charge in [-0.1, -0.05) is 0 Å². The van der Waals surface area contributed by atoms with Crippen LogP contribution in [0.15, 0.2) is 18.3 Å². The molecule has 0 saturated carbocycles. The van der Waals surface area contributed by atoms with Crippen molar-refractivity contribution in [2.24, 2.45) is 11.7 Å². The van der Waals surface area contributed by atoms with Gasteiger partial charge in [0.25, 0.3) is 0 Å². The number of amides is 1. The summed E-state index contributed by atoms with van der Waals surface area (Å²) in [4.78, 5) is 20.4. The molecule has 6 heteroatoms. The van der Waals surface area contributed by atoms with Crippen molar-refractivity contribution in [1.29, 1.82) is 0 Å². The molecule has 1 aromatic rings. The van der Waals surface area contributed by atoms with E-state index in [4.69, 9.17) is 10.5 Å². The van der Waals surface area contributed by atoms with Gasteiger partial charge in [0.2, 0.25) is 5.91 Å². The Bertz CT molecular complexity index is 471. The molecule has 0 aromatic carbocycles. The van der Waals surface area contributed by atoms with Crippen LogP contribution in [0, 0.1) is 5.92 Å². The number of aromatic nitrogens is 1. The molecule has 20 heavy (non-hydrogen) atoms. The SMILES string of the molecule is NCC1CC(=O)N(c2ccc(N3CCOCC3)nc2)C1. The predicted molar refractivity (Wildman–Crippen MR) is 76.8 cm³/mol. The van der Waals surface area contributed by atoms with Gasteiger partial charge in [0.15, 0.2) is 0 Å². The Morgan fingerprint density at radius 3 is 2.75 bits per heavy atom. The number of nitrogens with zero attached hydrogens (tertiary/aromatic N) is 3. The lowest BCUT2D eigenvalue weighted by Crippen LogP contribution is -2.36. The van der Waals surface area contributed by atoms with Crippen LogP contribution in [-0.4, -0.2) is 50.3 Å². The van der Waals surface area contributed by atoms with Crippen molar-refractivity contribution < 1.29 is 9.53 Å². The number of ether oxygens (including phenoxy) is 1. The van der Waals surface area contributed by atoms with Crippen molar-refractivity contribution in [2.45, 2.75) is 6.42 Å². The molecule has 1 unspecified atom stereocenters. The van der Waals surface area contributed by atoms with E-state index >= 15 is 0 Å². The maximum absolute atomic E-state index is 11.9. The second-order valence-electron chi connectivity index (χ2n) is 5.28.